The number of anilines is 1. The fourth-order valence-electron chi connectivity index (χ4n) is 4.22. The zero-order valence-corrected chi connectivity index (χ0v) is 16.0. The maximum atomic E-state index is 13.0. The van der Waals surface area contributed by atoms with Crippen molar-refractivity contribution in [2.24, 2.45) is 0 Å². The Morgan fingerprint density at radius 3 is 2.33 bits per heavy atom. The molecule has 0 aromatic heterocycles. The Hall–Kier alpha value is -1.91. The highest BCUT2D eigenvalue weighted by Gasteiger charge is 2.46. The summed E-state index contributed by atoms with van der Waals surface area (Å²) in [5, 5.41) is -0.297. The van der Waals surface area contributed by atoms with E-state index in [4.69, 9.17) is 0 Å². The number of carbonyl (C=O) groups excluding carboxylic acids is 3. The van der Waals surface area contributed by atoms with Gasteiger partial charge in [0, 0.05) is 26.1 Å². The Morgan fingerprint density at radius 2 is 1.67 bits per heavy atom. The second-order valence-electron chi connectivity index (χ2n) is 7.18. The van der Waals surface area contributed by atoms with Gasteiger partial charge in [-0.3, -0.25) is 19.3 Å². The molecule has 0 atom stereocenters. The van der Waals surface area contributed by atoms with Crippen LogP contribution in [0.15, 0.2) is 17.0 Å². The first-order valence-electron chi connectivity index (χ1n) is 8.81. The highest BCUT2D eigenvalue weighted by Crippen LogP contribution is 2.39. The highest BCUT2D eigenvalue weighted by molar-refractivity contribution is 8.14. The predicted octanol–water partition coefficient (Wildman–Crippen LogP) is 0.590. The Labute approximate surface area is 160 Å². The van der Waals surface area contributed by atoms with Gasteiger partial charge in [0.05, 0.1) is 22.4 Å². The van der Waals surface area contributed by atoms with Gasteiger partial charge in [0.2, 0.25) is 21.8 Å². The first-order valence-corrected chi connectivity index (χ1v) is 11.2. The number of aryl methyl sites for hydroxylation is 1. The molecule has 0 saturated carbocycles. The van der Waals surface area contributed by atoms with Crippen molar-refractivity contribution in [2.45, 2.75) is 30.2 Å². The Morgan fingerprint density at radius 1 is 0.963 bits per heavy atom. The maximum absolute atomic E-state index is 13.0. The zero-order chi connectivity index (χ0) is 18.9. The first kappa shape index (κ1) is 17.2. The van der Waals surface area contributed by atoms with Gasteiger partial charge >= 0.3 is 0 Å². The highest BCUT2D eigenvalue weighted by atomic mass is 32.2. The summed E-state index contributed by atoms with van der Waals surface area (Å²) in [6.45, 7) is 0.877. The number of thioether (sulfide) groups is 1. The molecule has 5 rings (SSSR count). The molecule has 0 aliphatic carbocycles. The van der Waals surface area contributed by atoms with Crippen LogP contribution in [0.2, 0.25) is 0 Å². The summed E-state index contributed by atoms with van der Waals surface area (Å²) in [6.07, 6.45) is 1.62. The lowest BCUT2D eigenvalue weighted by molar-refractivity contribution is -0.127. The number of carbonyl (C=O) groups is 3. The molecule has 8 nitrogen and oxygen atoms in total. The van der Waals surface area contributed by atoms with E-state index in [1.807, 2.05) is 0 Å². The number of nitrogens with zero attached hydrogens (tertiary/aromatic N) is 3. The van der Waals surface area contributed by atoms with Crippen molar-refractivity contribution >= 4 is 44.5 Å². The normalized spacial score (nSPS) is 23.2. The van der Waals surface area contributed by atoms with E-state index in [1.165, 1.54) is 9.21 Å². The summed E-state index contributed by atoms with van der Waals surface area (Å²) < 4.78 is 27.4. The third-order valence-corrected chi connectivity index (χ3v) is 8.29. The van der Waals surface area contributed by atoms with Gasteiger partial charge < -0.3 is 4.90 Å². The van der Waals surface area contributed by atoms with Crippen LogP contribution in [0.5, 0.6) is 0 Å². The van der Waals surface area contributed by atoms with E-state index < -0.39 is 10.0 Å². The summed E-state index contributed by atoms with van der Waals surface area (Å²) in [4.78, 5) is 38.8. The molecule has 3 amide bonds. The van der Waals surface area contributed by atoms with Crippen molar-refractivity contribution in [3.8, 4) is 0 Å². The van der Waals surface area contributed by atoms with Gasteiger partial charge in [0.25, 0.3) is 5.24 Å². The van der Waals surface area contributed by atoms with Crippen molar-refractivity contribution < 1.29 is 22.8 Å². The first-order chi connectivity index (χ1) is 12.9. The maximum Gasteiger partial charge on any atom is 0.289 e. The van der Waals surface area contributed by atoms with E-state index in [-0.39, 0.29) is 46.8 Å². The van der Waals surface area contributed by atoms with Gasteiger partial charge in [0.15, 0.2) is 0 Å². The summed E-state index contributed by atoms with van der Waals surface area (Å²) >= 11 is 0.959. The minimum Gasteiger partial charge on any atom is -0.312 e. The number of imide groups is 1. The third kappa shape index (κ3) is 2.46. The standard InChI is InChI=1S/C17H17N3O5S2/c21-14-2-1-10-5-13(6-11-3-4-19(14)16(10)11)27(24,25)18-7-12(8-18)20-15(22)9-26-17(20)23/h5-6,12H,1-4,7-9H2. The molecule has 4 aliphatic heterocycles. The van der Waals surface area contributed by atoms with E-state index in [0.717, 1.165) is 28.6 Å². The molecular formula is C17H17N3O5S2. The smallest absolute Gasteiger partial charge is 0.289 e. The molecule has 0 radical (unpaired) electrons. The van der Waals surface area contributed by atoms with E-state index in [0.29, 0.717) is 25.8 Å². The second-order valence-corrected chi connectivity index (χ2v) is 10.0. The molecule has 142 valence electrons. The van der Waals surface area contributed by atoms with Crippen molar-refractivity contribution in [1.29, 1.82) is 0 Å². The number of hydrogen-bond donors (Lipinski definition) is 0. The molecule has 2 saturated heterocycles. The molecule has 4 aliphatic rings. The lowest BCUT2D eigenvalue weighted by Crippen LogP contribution is -2.61. The predicted molar refractivity (Wildman–Crippen MR) is 98.1 cm³/mol. The molecule has 10 heteroatoms. The van der Waals surface area contributed by atoms with Crippen LogP contribution in [-0.2, 0) is 32.5 Å². The van der Waals surface area contributed by atoms with Gasteiger partial charge in [-0.15, -0.1) is 0 Å². The topological polar surface area (TPSA) is 95.1 Å². The van der Waals surface area contributed by atoms with E-state index in [9.17, 15) is 22.8 Å². The lowest BCUT2D eigenvalue weighted by Gasteiger charge is -2.41. The SMILES string of the molecule is O=C1CCc2cc(S(=O)(=O)N3CC(N4C(=O)CSC4=O)C3)cc3c2N1CC3. The minimum atomic E-state index is -3.69. The lowest BCUT2D eigenvalue weighted by atomic mass is 10.00. The van der Waals surface area contributed by atoms with Crippen LogP contribution in [-0.4, -0.2) is 66.1 Å². The molecule has 0 N–H and O–H groups in total. The van der Waals surface area contributed by atoms with Crippen LogP contribution in [0.4, 0.5) is 10.5 Å². The minimum absolute atomic E-state index is 0.0975. The summed E-state index contributed by atoms with van der Waals surface area (Å²) in [7, 11) is -3.69. The molecular weight excluding hydrogens is 390 g/mol. The van der Waals surface area contributed by atoms with Crippen molar-refractivity contribution in [3.05, 3.63) is 23.3 Å². The van der Waals surface area contributed by atoms with Crippen molar-refractivity contribution in [3.63, 3.8) is 0 Å². The molecule has 1 aromatic carbocycles. The molecule has 2 fully saturated rings. The Kier molecular flexibility index (Phi) is 3.69. The van der Waals surface area contributed by atoms with Gasteiger partial charge in [0.1, 0.15) is 0 Å². The van der Waals surface area contributed by atoms with E-state index in [2.05, 4.69) is 0 Å². The van der Waals surface area contributed by atoms with E-state index in [1.54, 1.807) is 17.0 Å². The van der Waals surface area contributed by atoms with Crippen LogP contribution in [0.3, 0.4) is 0 Å². The van der Waals surface area contributed by atoms with Crippen LogP contribution in [0, 0.1) is 0 Å². The van der Waals surface area contributed by atoms with E-state index >= 15 is 0 Å². The number of rotatable bonds is 3. The number of hydrogen-bond acceptors (Lipinski definition) is 6. The largest absolute Gasteiger partial charge is 0.312 e. The Bertz CT molecular complexity index is 984. The molecule has 0 spiro atoms. The monoisotopic (exact) mass is 407 g/mol. The van der Waals surface area contributed by atoms with Crippen LogP contribution >= 0.6 is 11.8 Å². The summed E-state index contributed by atoms with van der Waals surface area (Å²) in [6, 6.07) is 2.96. The third-order valence-electron chi connectivity index (χ3n) is 5.64. The molecule has 0 bridgehead atoms. The average Bonchev–Trinajstić information content (AvgIpc) is 3.16. The summed E-state index contributed by atoms with van der Waals surface area (Å²) in [5.74, 6) is -0.0232. The number of benzene rings is 1. The molecule has 1 aromatic rings. The van der Waals surface area contributed by atoms with Gasteiger partial charge in [-0.2, -0.15) is 4.31 Å². The fraction of sp³-hybridized carbons (Fsp3) is 0.471. The summed E-state index contributed by atoms with van der Waals surface area (Å²) in [5.41, 5.74) is 2.69. The Balaban J connectivity index is 1.40. The van der Waals surface area contributed by atoms with Crippen LogP contribution < -0.4 is 4.90 Å². The van der Waals surface area contributed by atoms with Gasteiger partial charge in [-0.1, -0.05) is 11.8 Å². The van der Waals surface area contributed by atoms with Crippen molar-refractivity contribution in [1.82, 2.24) is 9.21 Å². The van der Waals surface area contributed by atoms with Crippen molar-refractivity contribution in [2.75, 3.05) is 30.3 Å². The molecule has 4 heterocycles. The zero-order valence-electron chi connectivity index (χ0n) is 14.4. The molecule has 0 unspecified atom stereocenters. The molecule has 27 heavy (non-hydrogen) atoms. The average molecular weight is 407 g/mol. The van der Waals surface area contributed by atoms with Crippen LogP contribution in [0.1, 0.15) is 17.5 Å². The fourth-order valence-corrected chi connectivity index (χ4v) is 6.61. The second kappa shape index (κ2) is 5.79. The van der Waals surface area contributed by atoms with Gasteiger partial charge in [-0.05, 0) is 36.1 Å². The number of amides is 3. The quantitative estimate of drug-likeness (QED) is 0.728. The number of sulfonamides is 1. The van der Waals surface area contributed by atoms with Crippen LogP contribution in [0.25, 0.3) is 0 Å². The van der Waals surface area contributed by atoms with Gasteiger partial charge in [-0.25, -0.2) is 8.42 Å².